The van der Waals surface area contributed by atoms with Gasteiger partial charge in [0.15, 0.2) is 0 Å². The minimum absolute atomic E-state index is 0.651. The first kappa shape index (κ1) is 9.61. The summed E-state index contributed by atoms with van der Waals surface area (Å²) < 4.78 is 0.651. The molecule has 0 saturated carbocycles. The lowest BCUT2D eigenvalue weighted by Gasteiger charge is -2.33. The largest absolute Gasteiger partial charge is 0.355 e. The van der Waals surface area contributed by atoms with E-state index < -0.39 is 0 Å². The second kappa shape index (κ2) is 4.06. The van der Waals surface area contributed by atoms with Crippen LogP contribution in [0.2, 0.25) is 0 Å². The molecule has 0 amide bonds. The van der Waals surface area contributed by atoms with Crippen molar-refractivity contribution in [1.29, 1.82) is 0 Å². The van der Waals surface area contributed by atoms with Crippen LogP contribution in [0, 0.1) is 4.64 Å². The molecule has 1 aromatic rings. The summed E-state index contributed by atoms with van der Waals surface area (Å²) in [5.74, 6) is 1.08. The Balaban J connectivity index is 2.12. The van der Waals surface area contributed by atoms with Gasteiger partial charge in [-0.25, -0.2) is 4.98 Å². The predicted octanol–water partition coefficient (Wildman–Crippen LogP) is 0.891. The van der Waals surface area contributed by atoms with Crippen molar-refractivity contribution in [1.82, 2.24) is 14.9 Å². The molecule has 0 bridgehead atoms. The number of nitrogens with one attached hydrogen (secondary N) is 1. The first-order chi connectivity index (χ1) is 6.75. The van der Waals surface area contributed by atoms with E-state index >= 15 is 0 Å². The third kappa shape index (κ3) is 2.10. The van der Waals surface area contributed by atoms with Gasteiger partial charge in [0.25, 0.3) is 0 Å². The summed E-state index contributed by atoms with van der Waals surface area (Å²) in [7, 11) is 2.14. The summed E-state index contributed by atoms with van der Waals surface area (Å²) in [6.45, 7) is 4.30. The lowest BCUT2D eigenvalue weighted by atomic mass is 10.3. The molecule has 0 aliphatic carbocycles. The highest BCUT2D eigenvalue weighted by Crippen LogP contribution is 2.11. The Bertz CT molecular complexity index is 354. The van der Waals surface area contributed by atoms with E-state index in [0.29, 0.717) is 4.64 Å². The number of H-pyrrole nitrogens is 1. The molecule has 0 atom stereocenters. The Morgan fingerprint density at radius 3 is 2.71 bits per heavy atom. The number of hydrogen-bond acceptors (Lipinski definition) is 4. The highest BCUT2D eigenvalue weighted by molar-refractivity contribution is 7.71. The van der Waals surface area contributed by atoms with Crippen LogP contribution < -0.4 is 4.90 Å². The minimum Gasteiger partial charge on any atom is -0.355 e. The topological polar surface area (TPSA) is 35.2 Å². The molecule has 0 aromatic carbocycles. The summed E-state index contributed by atoms with van der Waals surface area (Å²) in [6, 6.07) is 1.92. The van der Waals surface area contributed by atoms with Crippen LogP contribution in [0.1, 0.15) is 0 Å². The summed E-state index contributed by atoms with van der Waals surface area (Å²) >= 11 is 5.02. The molecule has 1 aliphatic rings. The van der Waals surface area contributed by atoms with Crippen molar-refractivity contribution in [2.24, 2.45) is 0 Å². The molecular weight excluding hydrogens is 196 g/mol. The van der Waals surface area contributed by atoms with Crippen LogP contribution in [-0.2, 0) is 0 Å². The molecule has 5 heteroatoms. The van der Waals surface area contributed by atoms with Crippen LogP contribution in [0.5, 0.6) is 0 Å². The zero-order valence-corrected chi connectivity index (χ0v) is 9.05. The lowest BCUT2D eigenvalue weighted by Crippen LogP contribution is -2.44. The van der Waals surface area contributed by atoms with Crippen molar-refractivity contribution in [3.63, 3.8) is 0 Å². The monoisotopic (exact) mass is 210 g/mol. The standard InChI is InChI=1S/C9H14N4S/c1-12-2-4-13(5-3-12)8-6-9(14)11-7-10-8/h6-7H,2-5H2,1H3,(H,10,11,14). The second-order valence-electron chi connectivity index (χ2n) is 3.56. The lowest BCUT2D eigenvalue weighted by molar-refractivity contribution is 0.312. The van der Waals surface area contributed by atoms with Crippen LogP contribution in [0.25, 0.3) is 0 Å². The number of nitrogens with zero attached hydrogens (tertiary/aromatic N) is 3. The average Bonchev–Trinajstić information content (AvgIpc) is 2.19. The molecule has 14 heavy (non-hydrogen) atoms. The van der Waals surface area contributed by atoms with Gasteiger partial charge in [0.1, 0.15) is 10.5 Å². The van der Waals surface area contributed by atoms with Crippen molar-refractivity contribution < 1.29 is 0 Å². The molecule has 2 rings (SSSR count). The predicted molar refractivity (Wildman–Crippen MR) is 59.1 cm³/mol. The number of hydrogen-bond donors (Lipinski definition) is 1. The first-order valence-corrected chi connectivity index (χ1v) is 5.15. The Hall–Kier alpha value is -0.940. The fraction of sp³-hybridized carbons (Fsp3) is 0.556. The summed E-state index contributed by atoms with van der Waals surface area (Å²) in [4.78, 5) is 11.7. The molecular formula is C9H14N4S. The average molecular weight is 210 g/mol. The molecule has 1 fully saturated rings. The maximum atomic E-state index is 5.02. The van der Waals surface area contributed by atoms with Crippen molar-refractivity contribution >= 4 is 18.0 Å². The molecule has 1 saturated heterocycles. The summed E-state index contributed by atoms with van der Waals surface area (Å²) in [6.07, 6.45) is 1.66. The van der Waals surface area contributed by atoms with E-state index in [2.05, 4.69) is 26.8 Å². The van der Waals surface area contributed by atoms with Crippen LogP contribution >= 0.6 is 12.2 Å². The van der Waals surface area contributed by atoms with Crippen molar-refractivity contribution in [3.8, 4) is 0 Å². The third-order valence-electron chi connectivity index (χ3n) is 2.51. The maximum absolute atomic E-state index is 5.02. The van der Waals surface area contributed by atoms with E-state index in [1.165, 1.54) is 0 Å². The summed E-state index contributed by atoms with van der Waals surface area (Å²) in [5.41, 5.74) is 0. The Morgan fingerprint density at radius 2 is 2.07 bits per heavy atom. The zero-order valence-electron chi connectivity index (χ0n) is 8.23. The Labute approximate surface area is 88.6 Å². The van der Waals surface area contributed by atoms with Gasteiger partial charge in [-0.3, -0.25) is 0 Å². The van der Waals surface area contributed by atoms with Crippen molar-refractivity contribution in [3.05, 3.63) is 17.0 Å². The Morgan fingerprint density at radius 1 is 1.36 bits per heavy atom. The smallest absolute Gasteiger partial charge is 0.131 e. The highest BCUT2D eigenvalue weighted by Gasteiger charge is 2.14. The quantitative estimate of drug-likeness (QED) is 0.698. The molecule has 1 aromatic heterocycles. The van der Waals surface area contributed by atoms with Gasteiger partial charge in [0.2, 0.25) is 0 Å². The maximum Gasteiger partial charge on any atom is 0.131 e. The van der Waals surface area contributed by atoms with Crippen LogP contribution in [0.15, 0.2) is 12.4 Å². The SMILES string of the molecule is CN1CCN(c2cc(=S)nc[nH]2)CC1. The fourth-order valence-corrected chi connectivity index (χ4v) is 1.75. The summed E-state index contributed by atoms with van der Waals surface area (Å²) in [5, 5.41) is 0. The van der Waals surface area contributed by atoms with E-state index in [1.54, 1.807) is 6.33 Å². The number of rotatable bonds is 1. The van der Waals surface area contributed by atoms with Gasteiger partial charge in [-0.1, -0.05) is 12.2 Å². The molecule has 4 nitrogen and oxygen atoms in total. The number of piperazine rings is 1. The third-order valence-corrected chi connectivity index (χ3v) is 2.73. The number of anilines is 1. The number of aromatic amines is 1. The van der Waals surface area contributed by atoms with Gasteiger partial charge in [-0.05, 0) is 7.05 Å². The van der Waals surface area contributed by atoms with Gasteiger partial charge in [0.05, 0.1) is 6.33 Å². The van der Waals surface area contributed by atoms with E-state index in [9.17, 15) is 0 Å². The van der Waals surface area contributed by atoms with Gasteiger partial charge >= 0.3 is 0 Å². The van der Waals surface area contributed by atoms with Crippen molar-refractivity contribution in [2.45, 2.75) is 0 Å². The molecule has 1 N–H and O–H groups in total. The van der Waals surface area contributed by atoms with Crippen LogP contribution in [0.3, 0.4) is 0 Å². The van der Waals surface area contributed by atoms with Crippen LogP contribution in [-0.4, -0.2) is 48.1 Å². The Kier molecular flexibility index (Phi) is 2.79. The van der Waals surface area contributed by atoms with E-state index in [-0.39, 0.29) is 0 Å². The molecule has 1 aliphatic heterocycles. The normalized spacial score (nSPS) is 18.5. The highest BCUT2D eigenvalue weighted by atomic mass is 32.1. The number of aromatic nitrogens is 2. The molecule has 0 unspecified atom stereocenters. The minimum atomic E-state index is 0.651. The zero-order chi connectivity index (χ0) is 9.97. The van der Waals surface area contributed by atoms with E-state index in [1.807, 2.05) is 6.07 Å². The molecule has 2 heterocycles. The van der Waals surface area contributed by atoms with Gasteiger partial charge in [-0.2, -0.15) is 0 Å². The van der Waals surface area contributed by atoms with E-state index in [0.717, 1.165) is 32.0 Å². The molecule has 0 radical (unpaired) electrons. The number of likely N-dealkylation sites (N-methyl/N-ethyl adjacent to an activating group) is 1. The van der Waals surface area contributed by atoms with Gasteiger partial charge in [0, 0.05) is 32.2 Å². The van der Waals surface area contributed by atoms with Gasteiger partial charge in [-0.15, -0.1) is 0 Å². The second-order valence-corrected chi connectivity index (χ2v) is 3.98. The van der Waals surface area contributed by atoms with E-state index in [4.69, 9.17) is 12.2 Å². The fourth-order valence-electron chi connectivity index (χ4n) is 1.59. The first-order valence-electron chi connectivity index (χ1n) is 4.74. The van der Waals surface area contributed by atoms with Gasteiger partial charge < -0.3 is 14.8 Å². The molecule has 0 spiro atoms. The molecule has 76 valence electrons. The van der Waals surface area contributed by atoms with Crippen molar-refractivity contribution in [2.75, 3.05) is 38.1 Å². The van der Waals surface area contributed by atoms with Crippen LogP contribution in [0.4, 0.5) is 5.82 Å².